The van der Waals surface area contributed by atoms with Gasteiger partial charge in [0.05, 0.1) is 18.2 Å². The minimum Gasteiger partial charge on any atom is -0.491 e. The summed E-state index contributed by atoms with van der Waals surface area (Å²) < 4.78 is 10.6. The molecule has 0 atom stereocenters. The second-order valence-corrected chi connectivity index (χ2v) is 7.96. The Morgan fingerprint density at radius 2 is 1.97 bits per heavy atom. The number of methoxy groups -OCH3 is 1. The number of aliphatic imine (C=N–C) groups is 1. The highest BCUT2D eigenvalue weighted by molar-refractivity contribution is 7.14. The van der Waals surface area contributed by atoms with Crippen LogP contribution in [0.25, 0.3) is 0 Å². The molecule has 1 aromatic heterocycles. The molecule has 7 heteroatoms. The van der Waals surface area contributed by atoms with Gasteiger partial charge in [-0.15, -0.1) is 11.3 Å². The summed E-state index contributed by atoms with van der Waals surface area (Å²) in [7, 11) is 1.67. The van der Waals surface area contributed by atoms with Gasteiger partial charge in [-0.25, -0.2) is 4.99 Å². The van der Waals surface area contributed by atoms with Crippen molar-refractivity contribution >= 4 is 22.3 Å². The SMILES string of the molecule is CCNC(=NCc1ccc(OCCOC)cc1)NC1CCN(c2cccs2)CC1. The number of guanidine groups is 1. The number of rotatable bonds is 9. The Kier molecular flexibility index (Phi) is 8.64. The first-order valence-corrected chi connectivity index (χ1v) is 11.2. The Balaban J connectivity index is 1.48. The molecule has 1 aliphatic rings. The minimum atomic E-state index is 0.459. The Bertz CT molecular complexity index is 726. The van der Waals surface area contributed by atoms with Crippen molar-refractivity contribution in [1.29, 1.82) is 0 Å². The van der Waals surface area contributed by atoms with Crippen molar-refractivity contribution in [2.24, 2.45) is 4.99 Å². The number of nitrogens with one attached hydrogen (secondary N) is 2. The van der Waals surface area contributed by atoms with E-state index in [2.05, 4.69) is 52.1 Å². The van der Waals surface area contributed by atoms with Crippen LogP contribution in [0.2, 0.25) is 0 Å². The van der Waals surface area contributed by atoms with E-state index in [0.717, 1.165) is 49.7 Å². The van der Waals surface area contributed by atoms with E-state index in [1.165, 1.54) is 5.00 Å². The number of piperidine rings is 1. The number of ether oxygens (including phenoxy) is 2. The van der Waals surface area contributed by atoms with E-state index in [4.69, 9.17) is 14.5 Å². The van der Waals surface area contributed by atoms with Crippen molar-refractivity contribution in [3.63, 3.8) is 0 Å². The van der Waals surface area contributed by atoms with E-state index in [1.807, 2.05) is 23.5 Å². The zero-order chi connectivity index (χ0) is 20.3. The number of nitrogens with zero attached hydrogens (tertiary/aromatic N) is 2. The zero-order valence-corrected chi connectivity index (χ0v) is 18.2. The van der Waals surface area contributed by atoms with Crippen molar-refractivity contribution in [3.8, 4) is 5.75 Å². The summed E-state index contributed by atoms with van der Waals surface area (Å²) in [5.74, 6) is 1.75. The third kappa shape index (κ3) is 6.94. The van der Waals surface area contributed by atoms with Crippen LogP contribution in [0.15, 0.2) is 46.8 Å². The monoisotopic (exact) mass is 416 g/mol. The fourth-order valence-electron chi connectivity index (χ4n) is 3.31. The molecule has 1 aliphatic heterocycles. The van der Waals surface area contributed by atoms with E-state index >= 15 is 0 Å². The molecule has 158 valence electrons. The number of anilines is 1. The molecule has 1 aromatic carbocycles. The molecular weight excluding hydrogens is 384 g/mol. The molecule has 0 aliphatic carbocycles. The minimum absolute atomic E-state index is 0.459. The fourth-order valence-corrected chi connectivity index (χ4v) is 4.10. The van der Waals surface area contributed by atoms with Crippen LogP contribution in [0.4, 0.5) is 5.00 Å². The third-order valence-electron chi connectivity index (χ3n) is 4.90. The molecule has 1 fully saturated rings. The standard InChI is InChI=1S/C22H32N4O2S/c1-3-23-22(24-17-18-6-8-20(9-7-18)28-15-14-27-2)25-19-10-12-26(13-11-19)21-5-4-16-29-21/h4-9,16,19H,3,10-15,17H2,1-2H3,(H2,23,24,25). The molecule has 0 unspecified atom stereocenters. The molecule has 0 spiro atoms. The summed E-state index contributed by atoms with van der Waals surface area (Å²) in [6.07, 6.45) is 2.24. The van der Waals surface area contributed by atoms with Crippen LogP contribution < -0.4 is 20.3 Å². The molecule has 3 rings (SSSR count). The number of hydrogen-bond donors (Lipinski definition) is 2. The van der Waals surface area contributed by atoms with Crippen LogP contribution in [0.3, 0.4) is 0 Å². The molecule has 0 radical (unpaired) electrons. The van der Waals surface area contributed by atoms with Crippen molar-refractivity contribution in [1.82, 2.24) is 10.6 Å². The Labute approximate surface area is 177 Å². The summed E-state index contributed by atoms with van der Waals surface area (Å²) >= 11 is 1.82. The van der Waals surface area contributed by atoms with E-state index in [1.54, 1.807) is 7.11 Å². The Morgan fingerprint density at radius 3 is 2.62 bits per heavy atom. The molecule has 2 aromatic rings. The summed E-state index contributed by atoms with van der Waals surface area (Å²) in [5, 5.41) is 10.5. The van der Waals surface area contributed by atoms with E-state index in [9.17, 15) is 0 Å². The predicted molar refractivity (Wildman–Crippen MR) is 121 cm³/mol. The van der Waals surface area contributed by atoms with Gasteiger partial charge in [-0.2, -0.15) is 0 Å². The molecule has 0 amide bonds. The van der Waals surface area contributed by atoms with E-state index in [-0.39, 0.29) is 0 Å². The predicted octanol–water partition coefficient (Wildman–Crippen LogP) is 3.50. The first kappa shape index (κ1) is 21.5. The van der Waals surface area contributed by atoms with Gasteiger partial charge in [0.1, 0.15) is 12.4 Å². The van der Waals surface area contributed by atoms with Gasteiger partial charge in [-0.05, 0) is 55.0 Å². The summed E-state index contributed by atoms with van der Waals surface area (Å²) in [6, 6.07) is 12.9. The largest absolute Gasteiger partial charge is 0.491 e. The quantitative estimate of drug-likeness (QED) is 0.372. The van der Waals surface area contributed by atoms with Gasteiger partial charge in [0.25, 0.3) is 0 Å². The number of benzene rings is 1. The highest BCUT2D eigenvalue weighted by Crippen LogP contribution is 2.24. The average molecular weight is 417 g/mol. The Morgan fingerprint density at radius 1 is 1.17 bits per heavy atom. The lowest BCUT2D eigenvalue weighted by atomic mass is 10.1. The smallest absolute Gasteiger partial charge is 0.191 e. The van der Waals surface area contributed by atoms with Crippen molar-refractivity contribution in [3.05, 3.63) is 47.3 Å². The van der Waals surface area contributed by atoms with E-state index < -0.39 is 0 Å². The second-order valence-electron chi connectivity index (χ2n) is 7.04. The lowest BCUT2D eigenvalue weighted by Crippen LogP contribution is -2.48. The molecule has 0 saturated carbocycles. The average Bonchev–Trinajstić information content (AvgIpc) is 3.29. The Hall–Kier alpha value is -2.25. The maximum absolute atomic E-state index is 5.61. The summed E-state index contributed by atoms with van der Waals surface area (Å²) in [4.78, 5) is 7.25. The summed E-state index contributed by atoms with van der Waals surface area (Å²) in [6.45, 7) is 6.92. The van der Waals surface area contributed by atoms with Gasteiger partial charge in [-0.3, -0.25) is 0 Å². The molecule has 6 nitrogen and oxygen atoms in total. The van der Waals surface area contributed by atoms with Crippen LogP contribution in [-0.2, 0) is 11.3 Å². The fraction of sp³-hybridized carbons (Fsp3) is 0.500. The van der Waals surface area contributed by atoms with Crippen LogP contribution in [0, 0.1) is 0 Å². The first-order chi connectivity index (χ1) is 14.3. The normalized spacial score (nSPS) is 15.4. The van der Waals surface area contributed by atoms with E-state index in [0.29, 0.717) is 25.8 Å². The molecule has 2 N–H and O–H groups in total. The molecular formula is C22H32N4O2S. The van der Waals surface area contributed by atoms with Crippen molar-refractivity contribution in [2.45, 2.75) is 32.4 Å². The van der Waals surface area contributed by atoms with Crippen LogP contribution in [0.5, 0.6) is 5.75 Å². The van der Waals surface area contributed by atoms with Crippen LogP contribution >= 0.6 is 11.3 Å². The second kappa shape index (κ2) is 11.7. The van der Waals surface area contributed by atoms with Crippen molar-refractivity contribution in [2.75, 3.05) is 44.9 Å². The van der Waals surface area contributed by atoms with Crippen LogP contribution in [0.1, 0.15) is 25.3 Å². The maximum Gasteiger partial charge on any atom is 0.191 e. The third-order valence-corrected chi connectivity index (χ3v) is 5.83. The molecule has 29 heavy (non-hydrogen) atoms. The van der Waals surface area contributed by atoms with Gasteiger partial charge in [0.15, 0.2) is 5.96 Å². The molecule has 2 heterocycles. The number of thiophene rings is 1. The van der Waals surface area contributed by atoms with Crippen molar-refractivity contribution < 1.29 is 9.47 Å². The van der Waals surface area contributed by atoms with Gasteiger partial charge >= 0.3 is 0 Å². The van der Waals surface area contributed by atoms with Crippen LogP contribution in [-0.4, -0.2) is 52.0 Å². The lowest BCUT2D eigenvalue weighted by Gasteiger charge is -2.33. The van der Waals surface area contributed by atoms with Gasteiger partial charge < -0.3 is 25.0 Å². The highest BCUT2D eigenvalue weighted by atomic mass is 32.1. The van der Waals surface area contributed by atoms with Gasteiger partial charge in [-0.1, -0.05) is 12.1 Å². The molecule has 0 bridgehead atoms. The topological polar surface area (TPSA) is 58.1 Å². The highest BCUT2D eigenvalue weighted by Gasteiger charge is 2.20. The lowest BCUT2D eigenvalue weighted by molar-refractivity contribution is 0.146. The maximum atomic E-state index is 5.61. The van der Waals surface area contributed by atoms with Gasteiger partial charge in [0, 0.05) is 32.8 Å². The zero-order valence-electron chi connectivity index (χ0n) is 17.4. The summed E-state index contributed by atoms with van der Waals surface area (Å²) in [5.41, 5.74) is 1.16. The molecule has 1 saturated heterocycles. The van der Waals surface area contributed by atoms with Gasteiger partial charge in [0.2, 0.25) is 0 Å². The number of hydrogen-bond acceptors (Lipinski definition) is 5. The first-order valence-electron chi connectivity index (χ1n) is 10.3.